The van der Waals surface area contributed by atoms with Crippen LogP contribution < -0.4 is 10.6 Å². The quantitative estimate of drug-likeness (QED) is 0.207. The van der Waals surface area contributed by atoms with Crippen LogP contribution >= 0.6 is 24.0 Å². The fourth-order valence-corrected chi connectivity index (χ4v) is 1.93. The first-order valence-electron chi connectivity index (χ1n) is 7.65. The second-order valence-electron chi connectivity index (χ2n) is 5.43. The number of alkyl halides is 3. The minimum atomic E-state index is -4.16. The second-order valence-corrected chi connectivity index (χ2v) is 5.43. The third kappa shape index (κ3) is 16.5. The maximum Gasteiger partial charge on any atom is 0.401 e. The van der Waals surface area contributed by atoms with Gasteiger partial charge in [-0.2, -0.15) is 13.2 Å². The summed E-state index contributed by atoms with van der Waals surface area (Å²) < 4.78 is 41.6. The van der Waals surface area contributed by atoms with E-state index in [9.17, 15) is 13.2 Å². The molecular weight excluding hydrogens is 438 g/mol. The molecule has 0 aromatic heterocycles. The van der Waals surface area contributed by atoms with Crippen LogP contribution in [0.25, 0.3) is 0 Å². The summed E-state index contributed by atoms with van der Waals surface area (Å²) in [5.74, 6) is 0.593. The summed E-state index contributed by atoms with van der Waals surface area (Å²) in [5, 5.41) is 6.14. The Hall–Kier alpha value is -0.330. The highest BCUT2D eigenvalue weighted by atomic mass is 127. The zero-order valence-electron chi connectivity index (χ0n) is 14.9. The van der Waals surface area contributed by atoms with Crippen LogP contribution in [-0.4, -0.2) is 96.1 Å². The molecule has 0 atom stereocenters. The van der Waals surface area contributed by atoms with E-state index in [0.29, 0.717) is 19.0 Å². The van der Waals surface area contributed by atoms with Gasteiger partial charge in [0.25, 0.3) is 0 Å². The van der Waals surface area contributed by atoms with Gasteiger partial charge in [0.05, 0.1) is 6.54 Å². The number of rotatable bonds is 11. The molecule has 0 amide bonds. The Kier molecular flexibility index (Phi) is 16.2. The normalized spacial score (nSPS) is 12.5. The van der Waals surface area contributed by atoms with Gasteiger partial charge < -0.3 is 20.3 Å². The molecule has 6 nitrogen and oxygen atoms in total. The lowest BCUT2D eigenvalue weighted by Gasteiger charge is -2.20. The smallest absolute Gasteiger partial charge is 0.385 e. The first-order chi connectivity index (χ1) is 10.8. The van der Waals surface area contributed by atoms with E-state index in [1.54, 1.807) is 14.2 Å². The summed E-state index contributed by atoms with van der Waals surface area (Å²) in [5.41, 5.74) is 0. The van der Waals surface area contributed by atoms with Crippen molar-refractivity contribution in [3.05, 3.63) is 0 Å². The van der Waals surface area contributed by atoms with E-state index in [0.717, 1.165) is 26.1 Å². The molecule has 0 aromatic rings. The van der Waals surface area contributed by atoms with Crippen LogP contribution in [0.4, 0.5) is 13.2 Å². The van der Waals surface area contributed by atoms with Gasteiger partial charge in [-0.25, -0.2) is 0 Å². The Bertz CT molecular complexity index is 332. The number of aliphatic imine (C=N–C) groups is 1. The van der Waals surface area contributed by atoms with E-state index < -0.39 is 12.7 Å². The summed E-state index contributed by atoms with van der Waals surface area (Å²) in [4.78, 5) is 7.45. The Labute approximate surface area is 160 Å². The number of guanidine groups is 1. The minimum absolute atomic E-state index is 0. The maximum absolute atomic E-state index is 12.2. The zero-order valence-corrected chi connectivity index (χ0v) is 17.3. The molecule has 10 heteroatoms. The number of hydrogen-bond acceptors (Lipinski definition) is 4. The van der Waals surface area contributed by atoms with Crippen molar-refractivity contribution in [3.8, 4) is 0 Å². The largest absolute Gasteiger partial charge is 0.401 e. The fourth-order valence-electron chi connectivity index (χ4n) is 1.93. The molecule has 146 valence electrons. The van der Waals surface area contributed by atoms with Crippen molar-refractivity contribution in [2.24, 2.45) is 4.99 Å². The van der Waals surface area contributed by atoms with Crippen LogP contribution in [-0.2, 0) is 4.74 Å². The summed E-state index contributed by atoms with van der Waals surface area (Å²) in [6.45, 7) is 3.02. The Morgan fingerprint density at radius 1 is 1.04 bits per heavy atom. The van der Waals surface area contributed by atoms with Gasteiger partial charge in [-0.3, -0.25) is 9.89 Å². The average Bonchev–Trinajstić information content (AvgIpc) is 2.44. The highest BCUT2D eigenvalue weighted by molar-refractivity contribution is 14.0. The topological polar surface area (TPSA) is 52.1 Å². The third-order valence-electron chi connectivity index (χ3n) is 3.13. The van der Waals surface area contributed by atoms with Gasteiger partial charge in [0.2, 0.25) is 0 Å². The van der Waals surface area contributed by atoms with Crippen LogP contribution in [0.15, 0.2) is 4.99 Å². The number of ether oxygens (including phenoxy) is 1. The van der Waals surface area contributed by atoms with E-state index in [1.165, 1.54) is 11.9 Å². The monoisotopic (exact) mass is 469 g/mol. The average molecular weight is 469 g/mol. The molecule has 0 unspecified atom stereocenters. The Balaban J connectivity index is 0. The third-order valence-corrected chi connectivity index (χ3v) is 3.13. The van der Waals surface area contributed by atoms with Crippen LogP contribution in [0.5, 0.6) is 0 Å². The lowest BCUT2D eigenvalue weighted by Crippen LogP contribution is -2.44. The van der Waals surface area contributed by atoms with Gasteiger partial charge >= 0.3 is 6.18 Å². The highest BCUT2D eigenvalue weighted by Gasteiger charge is 2.28. The van der Waals surface area contributed by atoms with E-state index in [1.807, 2.05) is 7.05 Å². The first-order valence-corrected chi connectivity index (χ1v) is 7.65. The maximum atomic E-state index is 12.2. The number of nitrogens with one attached hydrogen (secondary N) is 2. The van der Waals surface area contributed by atoms with Crippen molar-refractivity contribution in [2.45, 2.75) is 12.6 Å². The van der Waals surface area contributed by atoms with Crippen molar-refractivity contribution in [1.82, 2.24) is 20.4 Å². The van der Waals surface area contributed by atoms with Crippen molar-refractivity contribution in [1.29, 1.82) is 0 Å². The molecule has 24 heavy (non-hydrogen) atoms. The lowest BCUT2D eigenvalue weighted by atomic mass is 10.4. The van der Waals surface area contributed by atoms with E-state index >= 15 is 0 Å². The summed E-state index contributed by atoms with van der Waals surface area (Å²) in [6.07, 6.45) is -3.19. The number of likely N-dealkylation sites (N-methyl/N-ethyl adjacent to an activating group) is 2. The molecule has 0 saturated carbocycles. The molecular formula is C14H31F3IN5O. The molecule has 0 heterocycles. The molecule has 0 aliphatic rings. The van der Waals surface area contributed by atoms with E-state index in [2.05, 4.69) is 20.5 Å². The van der Waals surface area contributed by atoms with Gasteiger partial charge in [-0.15, -0.1) is 24.0 Å². The van der Waals surface area contributed by atoms with Gasteiger partial charge in [0, 0.05) is 53.5 Å². The minimum Gasteiger partial charge on any atom is -0.385 e. The van der Waals surface area contributed by atoms with E-state index in [4.69, 9.17) is 4.74 Å². The fraction of sp³-hybridized carbons (Fsp3) is 0.929. The van der Waals surface area contributed by atoms with Crippen LogP contribution in [0.2, 0.25) is 0 Å². The molecule has 0 aliphatic heterocycles. The predicted octanol–water partition coefficient (Wildman–Crippen LogP) is 1.23. The van der Waals surface area contributed by atoms with Gasteiger partial charge in [-0.05, 0) is 20.5 Å². The molecule has 0 radical (unpaired) electrons. The molecule has 0 saturated heterocycles. The highest BCUT2D eigenvalue weighted by Crippen LogP contribution is 2.14. The Morgan fingerprint density at radius 2 is 1.58 bits per heavy atom. The molecule has 0 bridgehead atoms. The Morgan fingerprint density at radius 3 is 2.04 bits per heavy atom. The number of nitrogens with zero attached hydrogens (tertiary/aromatic N) is 3. The lowest BCUT2D eigenvalue weighted by molar-refractivity contribution is -0.142. The van der Waals surface area contributed by atoms with Crippen molar-refractivity contribution in [3.63, 3.8) is 0 Å². The molecule has 2 N–H and O–H groups in total. The van der Waals surface area contributed by atoms with Crippen LogP contribution in [0.1, 0.15) is 6.42 Å². The number of hydrogen-bond donors (Lipinski definition) is 2. The predicted molar refractivity (Wildman–Crippen MR) is 102 cm³/mol. The molecule has 0 fully saturated rings. The standard InChI is InChI=1S/C14H30F3N5O.HI/c1-18-13(19-6-9-21(2)8-5-11-23-4)20-7-10-22(3)12-14(15,16)17;/h5-12H2,1-4H3,(H2,18,19,20);1H. The van der Waals surface area contributed by atoms with Gasteiger partial charge in [0.15, 0.2) is 5.96 Å². The molecule has 0 aliphatic carbocycles. The number of halogens is 4. The SMILES string of the molecule is CN=C(NCCN(C)CCCOC)NCCN(C)CC(F)(F)F.I. The van der Waals surface area contributed by atoms with Gasteiger partial charge in [-0.1, -0.05) is 0 Å². The summed E-state index contributed by atoms with van der Waals surface area (Å²) in [7, 11) is 6.79. The molecule has 0 rings (SSSR count). The summed E-state index contributed by atoms with van der Waals surface area (Å²) in [6, 6.07) is 0. The molecule has 0 aromatic carbocycles. The summed E-state index contributed by atoms with van der Waals surface area (Å²) >= 11 is 0. The number of methoxy groups -OCH3 is 1. The first kappa shape index (κ1) is 25.9. The van der Waals surface area contributed by atoms with Crippen LogP contribution in [0.3, 0.4) is 0 Å². The van der Waals surface area contributed by atoms with E-state index in [-0.39, 0.29) is 30.5 Å². The van der Waals surface area contributed by atoms with Crippen molar-refractivity contribution in [2.75, 3.05) is 74.1 Å². The molecule has 0 spiro atoms. The van der Waals surface area contributed by atoms with Crippen molar-refractivity contribution < 1.29 is 17.9 Å². The van der Waals surface area contributed by atoms with Gasteiger partial charge in [0.1, 0.15) is 0 Å². The van der Waals surface area contributed by atoms with Crippen molar-refractivity contribution >= 4 is 29.9 Å². The van der Waals surface area contributed by atoms with Crippen LogP contribution in [0, 0.1) is 0 Å². The second kappa shape index (κ2) is 15.0. The zero-order chi connectivity index (χ0) is 17.7.